The normalized spacial score (nSPS) is 15.3. The molecule has 3 rings (SSSR count). The van der Waals surface area contributed by atoms with Crippen LogP contribution in [0.2, 0.25) is 0 Å². The smallest absolute Gasteiger partial charge is 0.387 e. The van der Waals surface area contributed by atoms with E-state index in [9.17, 15) is 13.6 Å². The van der Waals surface area contributed by atoms with Gasteiger partial charge >= 0.3 is 6.61 Å². The highest BCUT2D eigenvalue weighted by Crippen LogP contribution is 2.34. The first kappa shape index (κ1) is 19.8. The van der Waals surface area contributed by atoms with Crippen LogP contribution in [0.4, 0.5) is 14.5 Å². The zero-order valence-corrected chi connectivity index (χ0v) is 16.1. The van der Waals surface area contributed by atoms with Crippen LogP contribution in [0.3, 0.4) is 0 Å². The van der Waals surface area contributed by atoms with Gasteiger partial charge in [0.15, 0.2) is 16.6 Å². The molecule has 1 aliphatic rings. The summed E-state index contributed by atoms with van der Waals surface area (Å²) in [6, 6.07) is 12.1. The number of hydrogen-bond donors (Lipinski definition) is 1. The number of rotatable bonds is 6. The highest BCUT2D eigenvalue weighted by molar-refractivity contribution is 7.80. The van der Waals surface area contributed by atoms with Crippen molar-refractivity contribution in [2.24, 2.45) is 0 Å². The molecule has 0 aromatic heterocycles. The van der Waals surface area contributed by atoms with E-state index < -0.39 is 6.61 Å². The van der Waals surface area contributed by atoms with Crippen LogP contribution < -0.4 is 19.7 Å². The van der Waals surface area contributed by atoms with Crippen molar-refractivity contribution in [2.75, 3.05) is 12.0 Å². The SMILES string of the molecule is CCc1cccc(N2C(=O)/C(=C\c3cccc(OC)c3OC(F)F)NC2=S)c1. The maximum absolute atomic E-state index is 12.9. The Kier molecular flexibility index (Phi) is 5.89. The number of halogens is 2. The van der Waals surface area contributed by atoms with E-state index in [1.54, 1.807) is 18.2 Å². The molecule has 1 N–H and O–H groups in total. The molecule has 1 heterocycles. The maximum atomic E-state index is 12.9. The number of benzene rings is 2. The van der Waals surface area contributed by atoms with E-state index in [0.717, 1.165) is 12.0 Å². The van der Waals surface area contributed by atoms with Crippen LogP contribution in [-0.4, -0.2) is 24.7 Å². The van der Waals surface area contributed by atoms with E-state index in [4.69, 9.17) is 17.0 Å². The topological polar surface area (TPSA) is 50.8 Å². The third kappa shape index (κ3) is 3.96. The van der Waals surface area contributed by atoms with Crippen LogP contribution in [0.25, 0.3) is 6.08 Å². The molecule has 0 radical (unpaired) electrons. The zero-order chi connectivity index (χ0) is 20.3. The largest absolute Gasteiger partial charge is 0.493 e. The van der Waals surface area contributed by atoms with Gasteiger partial charge in [0.05, 0.1) is 12.8 Å². The van der Waals surface area contributed by atoms with Gasteiger partial charge in [0.1, 0.15) is 5.70 Å². The number of carbonyl (C=O) groups is 1. The quantitative estimate of drug-likeness (QED) is 0.580. The van der Waals surface area contributed by atoms with Gasteiger partial charge in [-0.25, -0.2) is 0 Å². The van der Waals surface area contributed by atoms with Crippen molar-refractivity contribution in [1.29, 1.82) is 0 Å². The number of carbonyl (C=O) groups excluding carboxylic acids is 1. The summed E-state index contributed by atoms with van der Waals surface area (Å²) in [4.78, 5) is 14.3. The Morgan fingerprint density at radius 1 is 1.25 bits per heavy atom. The van der Waals surface area contributed by atoms with E-state index in [0.29, 0.717) is 5.69 Å². The standard InChI is InChI=1S/C20H18F2N2O3S/c1-3-12-6-4-8-14(10-12)24-18(25)15(23-20(24)28)11-13-7-5-9-16(26-2)17(13)27-19(21)22/h4-11,19H,3H2,1-2H3,(H,23,28)/b15-11+. The number of aryl methyl sites for hydroxylation is 1. The van der Waals surface area contributed by atoms with Crippen molar-refractivity contribution in [1.82, 2.24) is 5.32 Å². The highest BCUT2D eigenvalue weighted by Gasteiger charge is 2.32. The number of methoxy groups -OCH3 is 1. The maximum Gasteiger partial charge on any atom is 0.387 e. The van der Waals surface area contributed by atoms with E-state index in [-0.39, 0.29) is 33.8 Å². The Hall–Kier alpha value is -3.00. The van der Waals surface area contributed by atoms with E-state index in [1.807, 2.05) is 25.1 Å². The number of alkyl halides is 2. The average molecular weight is 404 g/mol. The molecule has 5 nitrogen and oxygen atoms in total. The molecule has 28 heavy (non-hydrogen) atoms. The molecule has 0 unspecified atom stereocenters. The summed E-state index contributed by atoms with van der Waals surface area (Å²) >= 11 is 5.30. The fraction of sp³-hybridized carbons (Fsp3) is 0.200. The fourth-order valence-corrected chi connectivity index (χ4v) is 3.16. The van der Waals surface area contributed by atoms with Crippen LogP contribution in [0.15, 0.2) is 48.2 Å². The molecule has 2 aromatic carbocycles. The highest BCUT2D eigenvalue weighted by atomic mass is 32.1. The molecule has 1 aliphatic heterocycles. The van der Waals surface area contributed by atoms with Crippen molar-refractivity contribution in [3.63, 3.8) is 0 Å². The van der Waals surface area contributed by atoms with Gasteiger partial charge < -0.3 is 14.8 Å². The van der Waals surface area contributed by atoms with Crippen molar-refractivity contribution < 1.29 is 23.0 Å². The second-order valence-corrected chi connectivity index (χ2v) is 6.30. The van der Waals surface area contributed by atoms with Crippen LogP contribution in [-0.2, 0) is 11.2 Å². The van der Waals surface area contributed by atoms with Crippen molar-refractivity contribution >= 4 is 35.0 Å². The number of ether oxygens (including phenoxy) is 2. The Bertz CT molecular complexity index is 947. The number of hydrogen-bond acceptors (Lipinski definition) is 4. The summed E-state index contributed by atoms with van der Waals surface area (Å²) in [6.07, 6.45) is 2.23. The van der Waals surface area contributed by atoms with Gasteiger partial charge in [0.25, 0.3) is 5.91 Å². The Morgan fingerprint density at radius 3 is 2.68 bits per heavy atom. The second kappa shape index (κ2) is 8.35. The van der Waals surface area contributed by atoms with Crippen molar-refractivity contribution in [2.45, 2.75) is 20.0 Å². The van der Waals surface area contributed by atoms with Gasteiger partial charge in [-0.3, -0.25) is 9.69 Å². The Labute approximate surface area is 166 Å². The van der Waals surface area contributed by atoms with Crippen LogP contribution >= 0.6 is 12.2 Å². The molecule has 0 aliphatic carbocycles. The monoisotopic (exact) mass is 404 g/mol. The first-order valence-electron chi connectivity index (χ1n) is 8.52. The Morgan fingerprint density at radius 2 is 2.00 bits per heavy atom. The predicted octanol–water partition coefficient (Wildman–Crippen LogP) is 4.12. The number of amides is 1. The molecule has 0 atom stereocenters. The molecule has 1 fully saturated rings. The number of thiocarbonyl (C=S) groups is 1. The lowest BCUT2D eigenvalue weighted by Gasteiger charge is -2.15. The number of nitrogens with zero attached hydrogens (tertiary/aromatic N) is 1. The first-order valence-corrected chi connectivity index (χ1v) is 8.93. The second-order valence-electron chi connectivity index (χ2n) is 5.91. The van der Waals surface area contributed by atoms with E-state index in [2.05, 4.69) is 10.1 Å². The summed E-state index contributed by atoms with van der Waals surface area (Å²) in [5.74, 6) is -0.404. The third-order valence-electron chi connectivity index (χ3n) is 4.19. The van der Waals surface area contributed by atoms with Crippen LogP contribution in [0.1, 0.15) is 18.1 Å². The van der Waals surface area contributed by atoms with Crippen LogP contribution in [0, 0.1) is 0 Å². The molecular weight excluding hydrogens is 386 g/mol. The molecule has 0 spiro atoms. The molecule has 2 aromatic rings. The minimum absolute atomic E-state index is 0.134. The van der Waals surface area contributed by atoms with Crippen LogP contribution in [0.5, 0.6) is 11.5 Å². The summed E-state index contributed by atoms with van der Waals surface area (Å²) in [7, 11) is 1.35. The van der Waals surface area contributed by atoms with Gasteiger partial charge in [-0.1, -0.05) is 31.2 Å². The average Bonchev–Trinajstić information content (AvgIpc) is 2.96. The van der Waals surface area contributed by atoms with Crippen molar-refractivity contribution in [3.8, 4) is 11.5 Å². The minimum atomic E-state index is -3.03. The lowest BCUT2D eigenvalue weighted by Crippen LogP contribution is -2.30. The summed E-state index contributed by atoms with van der Waals surface area (Å²) in [5.41, 5.74) is 2.12. The zero-order valence-electron chi connectivity index (χ0n) is 15.2. The van der Waals surface area contributed by atoms with Gasteiger partial charge in [-0.15, -0.1) is 0 Å². The Balaban J connectivity index is 1.98. The fourth-order valence-electron chi connectivity index (χ4n) is 2.86. The van der Waals surface area contributed by atoms with Gasteiger partial charge in [0.2, 0.25) is 0 Å². The lowest BCUT2D eigenvalue weighted by molar-refractivity contribution is -0.113. The molecule has 1 saturated heterocycles. The third-order valence-corrected chi connectivity index (χ3v) is 4.48. The van der Waals surface area contributed by atoms with Gasteiger partial charge in [0, 0.05) is 5.56 Å². The molecular formula is C20H18F2N2O3S. The molecule has 8 heteroatoms. The molecule has 146 valence electrons. The summed E-state index contributed by atoms with van der Waals surface area (Å²) in [5, 5.41) is 3.05. The number of nitrogens with one attached hydrogen (secondary N) is 1. The van der Waals surface area contributed by atoms with Crippen molar-refractivity contribution in [3.05, 3.63) is 59.3 Å². The summed E-state index contributed by atoms with van der Waals surface area (Å²) in [6.45, 7) is -1.02. The molecule has 0 bridgehead atoms. The number of para-hydroxylation sites is 1. The minimum Gasteiger partial charge on any atom is -0.493 e. The summed E-state index contributed by atoms with van der Waals surface area (Å²) < 4.78 is 35.3. The van der Waals surface area contributed by atoms with E-state index in [1.165, 1.54) is 24.2 Å². The molecule has 0 saturated carbocycles. The number of anilines is 1. The van der Waals surface area contributed by atoms with Gasteiger partial charge in [-0.2, -0.15) is 8.78 Å². The molecule has 1 amide bonds. The van der Waals surface area contributed by atoms with E-state index >= 15 is 0 Å². The predicted molar refractivity (Wildman–Crippen MR) is 107 cm³/mol. The first-order chi connectivity index (χ1) is 13.4. The van der Waals surface area contributed by atoms with Gasteiger partial charge in [-0.05, 0) is 48.5 Å². The lowest BCUT2D eigenvalue weighted by atomic mass is 10.1.